The van der Waals surface area contributed by atoms with E-state index < -0.39 is 27.0 Å². The van der Waals surface area contributed by atoms with Crippen LogP contribution in [0, 0.1) is 5.41 Å². The lowest BCUT2D eigenvalue weighted by molar-refractivity contribution is -0.0423. The highest BCUT2D eigenvalue weighted by molar-refractivity contribution is 7.92. The fourth-order valence-corrected chi connectivity index (χ4v) is 4.52. The van der Waals surface area contributed by atoms with Gasteiger partial charge in [0.05, 0.1) is 12.5 Å². The number of aromatic nitrogens is 2. The standard InChI is InChI=1S/C26H32N4O6S/c1-25(2,3)21-13-18(15-26(16-21,35-4)30-12-11-23(31)28-24(30)32)7-8-19-9-10-22(29-37(6,33)34)14-20(19)17-27-36-5/h7-15,17,29H,16H2,1-6H3,(H,28,31,32). The summed E-state index contributed by atoms with van der Waals surface area (Å²) in [6.07, 6.45) is 12.0. The Morgan fingerprint density at radius 3 is 2.46 bits per heavy atom. The second-order valence-electron chi connectivity index (χ2n) is 9.74. The van der Waals surface area contributed by atoms with E-state index in [2.05, 4.69) is 35.6 Å². The minimum atomic E-state index is -3.45. The lowest BCUT2D eigenvalue weighted by Gasteiger charge is -2.38. The molecule has 3 rings (SSSR count). The number of nitrogens with one attached hydrogen (secondary N) is 2. The van der Waals surface area contributed by atoms with Gasteiger partial charge >= 0.3 is 5.69 Å². The molecule has 0 bridgehead atoms. The van der Waals surface area contributed by atoms with E-state index >= 15 is 0 Å². The third kappa shape index (κ3) is 6.95. The van der Waals surface area contributed by atoms with E-state index in [0.29, 0.717) is 17.7 Å². The van der Waals surface area contributed by atoms with Gasteiger partial charge < -0.3 is 9.57 Å². The first-order valence-electron chi connectivity index (χ1n) is 11.4. The molecule has 2 aromatic rings. The molecule has 1 aliphatic carbocycles. The van der Waals surface area contributed by atoms with E-state index in [-0.39, 0.29) is 5.41 Å². The summed E-state index contributed by atoms with van der Waals surface area (Å²) < 4.78 is 33.0. The van der Waals surface area contributed by atoms with Gasteiger partial charge in [-0.3, -0.25) is 19.1 Å². The average molecular weight is 529 g/mol. The Morgan fingerprint density at radius 2 is 1.86 bits per heavy atom. The topological polar surface area (TPSA) is 132 Å². The Bertz CT molecular complexity index is 1510. The van der Waals surface area contributed by atoms with E-state index in [9.17, 15) is 18.0 Å². The fourth-order valence-electron chi connectivity index (χ4n) is 3.97. The minimum Gasteiger partial charge on any atom is -0.399 e. The summed E-state index contributed by atoms with van der Waals surface area (Å²) in [5, 5.41) is 3.82. The van der Waals surface area contributed by atoms with Crippen molar-refractivity contribution in [1.29, 1.82) is 0 Å². The summed E-state index contributed by atoms with van der Waals surface area (Å²) >= 11 is 0. The Labute approximate surface area is 216 Å². The number of aromatic amines is 1. The smallest absolute Gasteiger partial charge is 0.330 e. The predicted molar refractivity (Wildman–Crippen MR) is 145 cm³/mol. The highest BCUT2D eigenvalue weighted by Gasteiger charge is 2.37. The summed E-state index contributed by atoms with van der Waals surface area (Å²) in [7, 11) is -0.512. The first-order valence-corrected chi connectivity index (χ1v) is 13.3. The first kappa shape index (κ1) is 27.9. The Hall–Kier alpha value is -3.70. The summed E-state index contributed by atoms with van der Waals surface area (Å²) in [5.41, 5.74) is 1.15. The third-order valence-electron chi connectivity index (χ3n) is 5.87. The number of hydrogen-bond donors (Lipinski definition) is 2. The Balaban J connectivity index is 2.12. The van der Waals surface area contributed by atoms with Crippen LogP contribution in [0.2, 0.25) is 0 Å². The van der Waals surface area contributed by atoms with Crippen molar-refractivity contribution in [1.82, 2.24) is 9.55 Å². The van der Waals surface area contributed by atoms with Crippen molar-refractivity contribution >= 4 is 28.0 Å². The zero-order chi connectivity index (χ0) is 27.4. The number of H-pyrrole nitrogens is 1. The van der Waals surface area contributed by atoms with Crippen molar-refractivity contribution in [3.63, 3.8) is 0 Å². The summed E-state index contributed by atoms with van der Waals surface area (Å²) in [4.78, 5) is 31.5. The van der Waals surface area contributed by atoms with E-state index in [4.69, 9.17) is 9.57 Å². The molecule has 1 aromatic heterocycles. The number of methoxy groups -OCH3 is 1. The van der Waals surface area contributed by atoms with E-state index in [1.54, 1.807) is 18.2 Å². The van der Waals surface area contributed by atoms with Gasteiger partial charge in [-0.15, -0.1) is 0 Å². The van der Waals surface area contributed by atoms with Crippen LogP contribution in [0.15, 0.2) is 74.6 Å². The molecule has 0 aliphatic heterocycles. The molecule has 0 radical (unpaired) electrons. The van der Waals surface area contributed by atoms with Gasteiger partial charge in [0.25, 0.3) is 5.56 Å². The Morgan fingerprint density at radius 1 is 1.14 bits per heavy atom. The van der Waals surface area contributed by atoms with Gasteiger partial charge in [0.15, 0.2) is 5.72 Å². The average Bonchev–Trinajstić information content (AvgIpc) is 2.80. The molecular weight excluding hydrogens is 496 g/mol. The molecule has 1 aromatic carbocycles. The maximum Gasteiger partial charge on any atom is 0.330 e. The molecule has 2 N–H and O–H groups in total. The van der Waals surface area contributed by atoms with Crippen LogP contribution in [0.1, 0.15) is 38.3 Å². The molecule has 0 amide bonds. The summed E-state index contributed by atoms with van der Waals surface area (Å²) in [6, 6.07) is 6.34. The van der Waals surface area contributed by atoms with Crippen molar-refractivity contribution in [2.75, 3.05) is 25.2 Å². The predicted octanol–water partition coefficient (Wildman–Crippen LogP) is 3.20. The van der Waals surface area contributed by atoms with Gasteiger partial charge in [0, 0.05) is 37.0 Å². The van der Waals surface area contributed by atoms with Crippen LogP contribution in [-0.4, -0.2) is 44.7 Å². The van der Waals surface area contributed by atoms with Crippen molar-refractivity contribution in [2.45, 2.75) is 32.9 Å². The molecule has 11 heteroatoms. The molecule has 1 unspecified atom stereocenters. The van der Waals surface area contributed by atoms with Gasteiger partial charge in [0.1, 0.15) is 7.11 Å². The van der Waals surface area contributed by atoms with Gasteiger partial charge in [-0.2, -0.15) is 0 Å². The van der Waals surface area contributed by atoms with Gasteiger partial charge in [-0.1, -0.05) is 55.8 Å². The highest BCUT2D eigenvalue weighted by atomic mass is 32.2. The summed E-state index contributed by atoms with van der Waals surface area (Å²) in [6.45, 7) is 6.23. The Kier molecular flexibility index (Phi) is 8.09. The molecule has 1 heterocycles. The molecule has 0 saturated heterocycles. The molecule has 37 heavy (non-hydrogen) atoms. The number of sulfonamides is 1. The maximum atomic E-state index is 12.7. The number of ether oxygens (including phenoxy) is 1. The largest absolute Gasteiger partial charge is 0.399 e. The van der Waals surface area contributed by atoms with Crippen LogP contribution >= 0.6 is 0 Å². The maximum absolute atomic E-state index is 12.7. The highest BCUT2D eigenvalue weighted by Crippen LogP contribution is 2.41. The number of benzene rings is 1. The molecule has 198 valence electrons. The molecular formula is C26H32N4O6S. The van der Waals surface area contributed by atoms with Crippen LogP contribution in [-0.2, 0) is 25.3 Å². The monoisotopic (exact) mass is 528 g/mol. The number of hydrogen-bond acceptors (Lipinski definition) is 7. The first-order chi connectivity index (χ1) is 17.3. The lowest BCUT2D eigenvalue weighted by atomic mass is 9.77. The van der Waals surface area contributed by atoms with Gasteiger partial charge in [-0.05, 0) is 34.8 Å². The van der Waals surface area contributed by atoms with Crippen LogP contribution in [0.25, 0.3) is 6.08 Å². The molecule has 0 fully saturated rings. The quantitative estimate of drug-likeness (QED) is 0.400. The molecule has 0 spiro atoms. The molecule has 1 atom stereocenters. The summed E-state index contributed by atoms with van der Waals surface area (Å²) in [5.74, 6) is 0. The van der Waals surface area contributed by atoms with Crippen LogP contribution < -0.4 is 16.0 Å². The number of oxime groups is 1. The molecule has 10 nitrogen and oxygen atoms in total. The number of nitrogens with zero attached hydrogens (tertiary/aromatic N) is 2. The zero-order valence-electron chi connectivity index (χ0n) is 21.7. The van der Waals surface area contributed by atoms with E-state index in [1.165, 1.54) is 37.3 Å². The van der Waals surface area contributed by atoms with Gasteiger partial charge in [0.2, 0.25) is 10.0 Å². The second-order valence-corrected chi connectivity index (χ2v) is 11.5. The third-order valence-corrected chi connectivity index (χ3v) is 6.47. The SMILES string of the molecule is CON=Cc1cc(NS(C)(=O)=O)ccc1C=CC1=CC(OC)(n2ccc(=O)[nH]c2=O)CC(C(C)(C)C)=C1. The van der Waals surface area contributed by atoms with Crippen LogP contribution in [0.4, 0.5) is 5.69 Å². The fraction of sp³-hybridized carbons (Fsp3) is 0.346. The van der Waals surface area contributed by atoms with E-state index in [1.807, 2.05) is 24.3 Å². The molecule has 0 saturated carbocycles. The van der Waals surface area contributed by atoms with Crippen molar-refractivity contribution < 1.29 is 18.0 Å². The molecule has 1 aliphatic rings. The van der Waals surface area contributed by atoms with Gasteiger partial charge in [-0.25, -0.2) is 13.2 Å². The van der Waals surface area contributed by atoms with Crippen LogP contribution in [0.3, 0.4) is 0 Å². The second kappa shape index (κ2) is 10.7. The minimum absolute atomic E-state index is 0.224. The number of anilines is 1. The number of allylic oxidation sites excluding steroid dienone is 3. The van der Waals surface area contributed by atoms with Crippen molar-refractivity contribution in [3.05, 3.63) is 91.8 Å². The van der Waals surface area contributed by atoms with Crippen molar-refractivity contribution in [2.24, 2.45) is 10.6 Å². The van der Waals surface area contributed by atoms with Crippen molar-refractivity contribution in [3.8, 4) is 0 Å². The zero-order valence-corrected chi connectivity index (χ0v) is 22.5. The van der Waals surface area contributed by atoms with Crippen LogP contribution in [0.5, 0.6) is 0 Å². The normalized spacial score (nSPS) is 18.6. The number of rotatable bonds is 8. The van der Waals surface area contributed by atoms with E-state index in [0.717, 1.165) is 23.0 Å². The lowest BCUT2D eigenvalue weighted by Crippen LogP contribution is -2.45.